The number of amides is 3. The normalized spacial score (nSPS) is 22.2. The molecule has 8 heteroatoms. The summed E-state index contributed by atoms with van der Waals surface area (Å²) in [5, 5.41) is 8.73. The van der Waals surface area contributed by atoms with Crippen LogP contribution in [0.3, 0.4) is 0 Å². The molecule has 1 saturated heterocycles. The lowest BCUT2D eigenvalue weighted by Crippen LogP contribution is -2.57. The molecule has 0 aromatic heterocycles. The van der Waals surface area contributed by atoms with E-state index >= 15 is 0 Å². The summed E-state index contributed by atoms with van der Waals surface area (Å²) in [6.07, 6.45) is 2.54. The molecule has 3 N–H and O–H groups in total. The van der Waals surface area contributed by atoms with Gasteiger partial charge in [0.2, 0.25) is 17.7 Å². The third-order valence-electron chi connectivity index (χ3n) is 6.43. The molecular formula is C23H33FN4O3. The number of fused-ring (bicyclic) bond motifs is 1. The highest BCUT2D eigenvalue weighted by Gasteiger charge is 2.40. The highest BCUT2D eigenvalue weighted by atomic mass is 19.1. The van der Waals surface area contributed by atoms with Crippen molar-refractivity contribution in [3.8, 4) is 0 Å². The maximum atomic E-state index is 14.0. The molecule has 31 heavy (non-hydrogen) atoms. The second kappa shape index (κ2) is 9.77. The maximum absolute atomic E-state index is 14.0. The third-order valence-corrected chi connectivity index (χ3v) is 6.43. The van der Waals surface area contributed by atoms with Crippen LogP contribution in [-0.2, 0) is 20.8 Å². The van der Waals surface area contributed by atoms with Crippen LogP contribution in [0, 0.1) is 11.7 Å². The fourth-order valence-corrected chi connectivity index (χ4v) is 4.43. The molecule has 3 rings (SSSR count). The number of rotatable bonds is 7. The van der Waals surface area contributed by atoms with E-state index in [0.717, 1.165) is 12.0 Å². The van der Waals surface area contributed by atoms with Gasteiger partial charge in [-0.25, -0.2) is 4.39 Å². The van der Waals surface area contributed by atoms with Crippen molar-refractivity contribution in [1.29, 1.82) is 0 Å². The van der Waals surface area contributed by atoms with Crippen molar-refractivity contribution >= 4 is 17.7 Å². The molecule has 7 nitrogen and oxygen atoms in total. The van der Waals surface area contributed by atoms with E-state index in [1.165, 1.54) is 6.07 Å². The lowest BCUT2D eigenvalue weighted by atomic mass is 10.0. The molecule has 0 radical (unpaired) electrons. The minimum Gasteiger partial charge on any atom is -0.347 e. The van der Waals surface area contributed by atoms with Crippen molar-refractivity contribution in [3.63, 3.8) is 0 Å². The zero-order valence-corrected chi connectivity index (χ0v) is 18.7. The minimum atomic E-state index is -0.696. The lowest BCUT2D eigenvalue weighted by Gasteiger charge is -2.31. The van der Waals surface area contributed by atoms with Crippen LogP contribution in [0.4, 0.5) is 4.39 Å². The predicted molar refractivity (Wildman–Crippen MR) is 116 cm³/mol. The van der Waals surface area contributed by atoms with Crippen LogP contribution in [0.1, 0.15) is 57.2 Å². The van der Waals surface area contributed by atoms with Gasteiger partial charge in [-0.15, -0.1) is 0 Å². The summed E-state index contributed by atoms with van der Waals surface area (Å²) >= 11 is 0. The number of likely N-dealkylation sites (tertiary alicyclic amines) is 1. The molecule has 1 unspecified atom stereocenters. The summed E-state index contributed by atoms with van der Waals surface area (Å²) in [7, 11) is 1.68. The third kappa shape index (κ3) is 4.89. The quantitative estimate of drug-likeness (QED) is 0.611. The van der Waals surface area contributed by atoms with E-state index in [2.05, 4.69) is 16.0 Å². The maximum Gasteiger partial charge on any atom is 0.246 e. The first kappa shape index (κ1) is 23.2. The van der Waals surface area contributed by atoms with E-state index < -0.39 is 18.1 Å². The van der Waals surface area contributed by atoms with Crippen molar-refractivity contribution < 1.29 is 18.8 Å². The van der Waals surface area contributed by atoms with Crippen molar-refractivity contribution in [2.75, 3.05) is 13.6 Å². The van der Waals surface area contributed by atoms with Crippen molar-refractivity contribution in [3.05, 3.63) is 35.1 Å². The summed E-state index contributed by atoms with van der Waals surface area (Å²) in [6.45, 7) is 5.96. The van der Waals surface area contributed by atoms with Gasteiger partial charge in [0.15, 0.2) is 0 Å². The van der Waals surface area contributed by atoms with Gasteiger partial charge in [0, 0.05) is 6.54 Å². The number of benzene rings is 1. The summed E-state index contributed by atoms with van der Waals surface area (Å²) in [5.41, 5.74) is 1.48. The van der Waals surface area contributed by atoms with Gasteiger partial charge >= 0.3 is 0 Å². The first-order chi connectivity index (χ1) is 14.7. The van der Waals surface area contributed by atoms with Gasteiger partial charge in [-0.3, -0.25) is 14.4 Å². The van der Waals surface area contributed by atoms with E-state index in [1.807, 2.05) is 19.9 Å². The highest BCUT2D eigenvalue weighted by molar-refractivity contribution is 5.93. The fraction of sp³-hybridized carbons (Fsp3) is 0.609. The Labute approximate surface area is 183 Å². The Balaban J connectivity index is 1.70. The van der Waals surface area contributed by atoms with E-state index in [0.29, 0.717) is 31.4 Å². The number of carbonyl (C=O) groups excluding carboxylic acids is 3. The topological polar surface area (TPSA) is 90.5 Å². The number of nitrogens with one attached hydrogen (secondary N) is 3. The molecule has 3 amide bonds. The number of hydrogen-bond donors (Lipinski definition) is 3. The van der Waals surface area contributed by atoms with Crippen LogP contribution in [0.2, 0.25) is 0 Å². The van der Waals surface area contributed by atoms with Gasteiger partial charge in [-0.05, 0) is 62.8 Å². The van der Waals surface area contributed by atoms with Crippen molar-refractivity contribution in [2.45, 2.75) is 70.6 Å². The summed E-state index contributed by atoms with van der Waals surface area (Å²) < 4.78 is 14.0. The molecule has 1 aliphatic heterocycles. The van der Waals surface area contributed by atoms with E-state index in [-0.39, 0.29) is 35.5 Å². The lowest BCUT2D eigenvalue weighted by molar-refractivity contribution is -0.142. The molecule has 170 valence electrons. The Morgan fingerprint density at radius 2 is 1.90 bits per heavy atom. The molecule has 1 aliphatic carbocycles. The molecule has 1 aromatic carbocycles. The minimum absolute atomic E-state index is 0.116. The molecule has 2 aliphatic rings. The van der Waals surface area contributed by atoms with Crippen LogP contribution < -0.4 is 16.0 Å². The predicted octanol–water partition coefficient (Wildman–Crippen LogP) is 1.67. The Morgan fingerprint density at radius 3 is 2.58 bits per heavy atom. The average molecular weight is 433 g/mol. The van der Waals surface area contributed by atoms with Gasteiger partial charge in [0.1, 0.15) is 17.9 Å². The SMILES string of the molecule is CN[C@@H](C)C(=O)N[C@H](C(=O)N1CCC[C@H]1C(=O)NC1CCc2c(F)cccc21)C(C)C. The molecular weight excluding hydrogens is 399 g/mol. The Morgan fingerprint density at radius 1 is 1.16 bits per heavy atom. The zero-order chi connectivity index (χ0) is 22.7. The summed E-state index contributed by atoms with van der Waals surface area (Å²) in [5.74, 6) is -1.06. The summed E-state index contributed by atoms with van der Waals surface area (Å²) in [6, 6.07) is 3.01. The molecule has 0 spiro atoms. The number of hydrogen-bond acceptors (Lipinski definition) is 4. The van der Waals surface area contributed by atoms with Crippen LogP contribution in [0.15, 0.2) is 18.2 Å². The Bertz CT molecular complexity index is 844. The molecule has 0 bridgehead atoms. The van der Waals surface area contributed by atoms with Crippen LogP contribution >= 0.6 is 0 Å². The number of halogens is 1. The second-order valence-corrected chi connectivity index (χ2v) is 8.84. The largest absolute Gasteiger partial charge is 0.347 e. The molecule has 4 atom stereocenters. The number of carbonyl (C=O) groups is 3. The monoisotopic (exact) mass is 432 g/mol. The molecule has 1 heterocycles. The highest BCUT2D eigenvalue weighted by Crippen LogP contribution is 2.33. The van der Waals surface area contributed by atoms with Gasteiger partial charge in [0.05, 0.1) is 12.1 Å². The van der Waals surface area contributed by atoms with E-state index in [9.17, 15) is 18.8 Å². The Hall–Kier alpha value is -2.48. The Kier molecular flexibility index (Phi) is 7.30. The van der Waals surface area contributed by atoms with Gasteiger partial charge in [-0.2, -0.15) is 0 Å². The standard InChI is InChI=1S/C23H33FN4O3/c1-13(2)20(27-21(29)14(3)25-4)23(31)28-12-6-9-19(28)22(30)26-18-11-10-15-16(18)7-5-8-17(15)24/h5,7-8,13-14,18-20,25H,6,9-12H2,1-4H3,(H,26,30)(H,27,29)/t14-,18?,19-,20-/m0/s1. The molecule has 0 saturated carbocycles. The van der Waals surface area contributed by atoms with Gasteiger partial charge in [0.25, 0.3) is 0 Å². The van der Waals surface area contributed by atoms with Crippen LogP contribution in [0.5, 0.6) is 0 Å². The smallest absolute Gasteiger partial charge is 0.246 e. The number of likely N-dealkylation sites (N-methyl/N-ethyl adjacent to an activating group) is 1. The van der Waals surface area contributed by atoms with E-state index in [4.69, 9.17) is 0 Å². The van der Waals surface area contributed by atoms with Crippen molar-refractivity contribution in [2.24, 2.45) is 5.92 Å². The van der Waals surface area contributed by atoms with Crippen molar-refractivity contribution in [1.82, 2.24) is 20.9 Å². The van der Waals surface area contributed by atoms with Crippen LogP contribution in [0.25, 0.3) is 0 Å². The van der Waals surface area contributed by atoms with Gasteiger partial charge in [-0.1, -0.05) is 26.0 Å². The molecule has 1 aromatic rings. The summed E-state index contributed by atoms with van der Waals surface area (Å²) in [4.78, 5) is 40.3. The van der Waals surface area contributed by atoms with E-state index in [1.54, 1.807) is 24.9 Å². The average Bonchev–Trinajstić information content (AvgIpc) is 3.39. The van der Waals surface area contributed by atoms with Gasteiger partial charge < -0.3 is 20.9 Å². The first-order valence-corrected chi connectivity index (χ1v) is 11.1. The second-order valence-electron chi connectivity index (χ2n) is 8.84. The number of nitrogens with zero attached hydrogens (tertiary/aromatic N) is 1. The van der Waals surface area contributed by atoms with Crippen LogP contribution in [-0.4, -0.2) is 54.3 Å². The fourth-order valence-electron chi connectivity index (χ4n) is 4.43. The first-order valence-electron chi connectivity index (χ1n) is 11.1. The zero-order valence-electron chi connectivity index (χ0n) is 18.7. The molecule has 1 fully saturated rings.